The van der Waals surface area contributed by atoms with Crippen LogP contribution in [0.25, 0.3) is 0 Å². The Morgan fingerprint density at radius 3 is 1.13 bits per heavy atom. The fraction of sp³-hybridized carbons (Fsp3) is 0.500. The molecular formula is C24H34O6. The molecule has 0 spiro atoms. The normalized spacial score (nSPS) is 16.7. The van der Waals surface area contributed by atoms with Crippen LogP contribution < -0.4 is 0 Å². The van der Waals surface area contributed by atoms with Gasteiger partial charge in [0, 0.05) is 12.8 Å². The summed E-state index contributed by atoms with van der Waals surface area (Å²) in [6.07, 6.45) is 0.564. The SMILES string of the molecule is CC(CC(C)(C)c1ccccc1)(OO)OOC(C)(CC(C)(C)c1ccccc1)OO. The summed E-state index contributed by atoms with van der Waals surface area (Å²) in [5.74, 6) is -2.98. The van der Waals surface area contributed by atoms with Gasteiger partial charge in [-0.15, -0.1) is 0 Å². The molecule has 2 atom stereocenters. The highest BCUT2D eigenvalue weighted by atomic mass is 17.3. The Morgan fingerprint density at radius 1 is 0.567 bits per heavy atom. The van der Waals surface area contributed by atoms with Crippen molar-refractivity contribution >= 4 is 0 Å². The van der Waals surface area contributed by atoms with Crippen LogP contribution in [0, 0.1) is 0 Å². The van der Waals surface area contributed by atoms with Crippen molar-refractivity contribution in [3.8, 4) is 0 Å². The fourth-order valence-electron chi connectivity index (χ4n) is 3.92. The number of rotatable bonds is 11. The summed E-state index contributed by atoms with van der Waals surface area (Å²) in [5.41, 5.74) is 1.34. The van der Waals surface area contributed by atoms with Crippen LogP contribution >= 0.6 is 0 Å². The maximum absolute atomic E-state index is 9.57. The van der Waals surface area contributed by atoms with E-state index in [4.69, 9.17) is 9.78 Å². The predicted octanol–water partition coefficient (Wildman–Crippen LogP) is 6.08. The molecular weight excluding hydrogens is 384 g/mol. The monoisotopic (exact) mass is 418 g/mol. The van der Waals surface area contributed by atoms with Gasteiger partial charge in [-0.1, -0.05) is 88.4 Å². The van der Waals surface area contributed by atoms with Gasteiger partial charge in [0.05, 0.1) is 0 Å². The molecule has 2 unspecified atom stereocenters. The highest BCUT2D eigenvalue weighted by molar-refractivity contribution is 5.24. The summed E-state index contributed by atoms with van der Waals surface area (Å²) in [6, 6.07) is 19.7. The first-order valence-corrected chi connectivity index (χ1v) is 10.1. The summed E-state index contributed by atoms with van der Waals surface area (Å²) >= 11 is 0. The standard InChI is InChI=1S/C24H34O6/c1-21(2,19-13-9-7-10-14-19)17-23(5,27-25)29-30-24(6,28-26)18-22(3,4)20-15-11-8-12-16-20/h7-16,25-26H,17-18H2,1-6H3. The molecule has 2 aromatic rings. The highest BCUT2D eigenvalue weighted by Gasteiger charge is 2.42. The van der Waals surface area contributed by atoms with Crippen molar-refractivity contribution in [3.63, 3.8) is 0 Å². The highest BCUT2D eigenvalue weighted by Crippen LogP contribution is 2.38. The van der Waals surface area contributed by atoms with Crippen LogP contribution in [0.5, 0.6) is 0 Å². The number of hydrogen-bond acceptors (Lipinski definition) is 6. The molecule has 0 bridgehead atoms. The third-order valence-electron chi connectivity index (χ3n) is 5.42. The van der Waals surface area contributed by atoms with E-state index in [1.54, 1.807) is 13.8 Å². The molecule has 30 heavy (non-hydrogen) atoms. The zero-order valence-electron chi connectivity index (χ0n) is 18.7. The lowest BCUT2D eigenvalue weighted by Crippen LogP contribution is -2.44. The lowest BCUT2D eigenvalue weighted by atomic mass is 9.79. The van der Waals surface area contributed by atoms with Crippen LogP contribution in [-0.4, -0.2) is 22.1 Å². The van der Waals surface area contributed by atoms with Crippen molar-refractivity contribution in [1.29, 1.82) is 0 Å². The lowest BCUT2D eigenvalue weighted by molar-refractivity contribution is -0.569. The molecule has 166 valence electrons. The van der Waals surface area contributed by atoms with Gasteiger partial charge in [0.25, 0.3) is 0 Å². The fourth-order valence-corrected chi connectivity index (χ4v) is 3.92. The zero-order chi connectivity index (χ0) is 22.5. The minimum absolute atomic E-state index is 0.282. The van der Waals surface area contributed by atoms with Crippen molar-refractivity contribution in [1.82, 2.24) is 0 Å². The van der Waals surface area contributed by atoms with Crippen molar-refractivity contribution in [2.24, 2.45) is 0 Å². The smallest absolute Gasteiger partial charge is 0.231 e. The number of hydrogen-bond donors (Lipinski definition) is 2. The molecule has 2 N–H and O–H groups in total. The van der Waals surface area contributed by atoms with Crippen LogP contribution in [0.15, 0.2) is 60.7 Å². The van der Waals surface area contributed by atoms with Crippen LogP contribution in [0.4, 0.5) is 0 Å². The maximum atomic E-state index is 9.57. The first-order chi connectivity index (χ1) is 14.0. The van der Waals surface area contributed by atoms with Gasteiger partial charge >= 0.3 is 0 Å². The van der Waals surface area contributed by atoms with E-state index in [2.05, 4.69) is 9.78 Å². The summed E-state index contributed by atoms with van der Waals surface area (Å²) in [7, 11) is 0. The molecule has 6 heteroatoms. The molecule has 0 amide bonds. The maximum Gasteiger partial charge on any atom is 0.231 e. The minimum atomic E-state index is -1.49. The van der Waals surface area contributed by atoms with E-state index in [0.717, 1.165) is 11.1 Å². The minimum Gasteiger partial charge on any atom is -0.249 e. The molecule has 0 aromatic heterocycles. The average molecular weight is 419 g/mol. The average Bonchev–Trinajstić information content (AvgIpc) is 2.73. The molecule has 2 aromatic carbocycles. The van der Waals surface area contributed by atoms with E-state index >= 15 is 0 Å². The van der Waals surface area contributed by atoms with Gasteiger partial charge in [-0.3, -0.25) is 0 Å². The van der Waals surface area contributed by atoms with Crippen LogP contribution in [-0.2, 0) is 30.4 Å². The number of benzene rings is 2. The summed E-state index contributed by atoms with van der Waals surface area (Å²) < 4.78 is 0. The quantitative estimate of drug-likeness (QED) is 0.261. The Kier molecular flexibility index (Phi) is 7.80. The van der Waals surface area contributed by atoms with E-state index < -0.39 is 11.6 Å². The summed E-state index contributed by atoms with van der Waals surface area (Å²) in [6.45, 7) is 11.2. The van der Waals surface area contributed by atoms with Gasteiger partial charge in [-0.2, -0.15) is 9.78 Å². The second-order valence-corrected chi connectivity index (χ2v) is 9.47. The summed E-state index contributed by atoms with van der Waals surface area (Å²) in [5, 5.41) is 19.1. The van der Waals surface area contributed by atoms with Gasteiger partial charge in [0.15, 0.2) is 0 Å². The molecule has 0 radical (unpaired) electrons. The Hall–Kier alpha value is -1.80. The van der Waals surface area contributed by atoms with Crippen LogP contribution in [0.3, 0.4) is 0 Å². The Labute approximate surface area is 179 Å². The Bertz CT molecular complexity index is 709. The summed E-state index contributed by atoms with van der Waals surface area (Å²) in [4.78, 5) is 20.4. The van der Waals surface area contributed by atoms with Crippen molar-refractivity contribution < 1.29 is 30.1 Å². The van der Waals surface area contributed by atoms with E-state index in [-0.39, 0.29) is 23.7 Å². The van der Waals surface area contributed by atoms with Crippen LogP contribution in [0.1, 0.15) is 65.5 Å². The third kappa shape index (κ3) is 6.35. The van der Waals surface area contributed by atoms with E-state index in [0.29, 0.717) is 0 Å². The molecule has 0 fully saturated rings. The predicted molar refractivity (Wildman–Crippen MR) is 115 cm³/mol. The van der Waals surface area contributed by atoms with Gasteiger partial charge in [-0.05, 0) is 35.8 Å². The van der Waals surface area contributed by atoms with Gasteiger partial charge in [0.2, 0.25) is 11.6 Å². The topological polar surface area (TPSA) is 77.4 Å². The largest absolute Gasteiger partial charge is 0.249 e. The molecule has 6 nitrogen and oxygen atoms in total. The molecule has 0 aliphatic heterocycles. The van der Waals surface area contributed by atoms with Gasteiger partial charge in [-0.25, -0.2) is 20.3 Å². The second-order valence-electron chi connectivity index (χ2n) is 9.47. The molecule has 0 saturated heterocycles. The first kappa shape index (κ1) is 24.5. The zero-order valence-corrected chi connectivity index (χ0v) is 18.7. The van der Waals surface area contributed by atoms with Crippen LogP contribution in [0.2, 0.25) is 0 Å². The van der Waals surface area contributed by atoms with Crippen molar-refractivity contribution in [2.75, 3.05) is 0 Å². The van der Waals surface area contributed by atoms with E-state index in [1.165, 1.54) is 0 Å². The van der Waals surface area contributed by atoms with Crippen molar-refractivity contribution in [3.05, 3.63) is 71.8 Å². The van der Waals surface area contributed by atoms with Gasteiger partial charge < -0.3 is 0 Å². The van der Waals surface area contributed by atoms with Crippen molar-refractivity contribution in [2.45, 2.75) is 76.8 Å². The lowest BCUT2D eigenvalue weighted by Gasteiger charge is -2.38. The molecule has 0 aliphatic carbocycles. The molecule has 0 heterocycles. The third-order valence-corrected chi connectivity index (χ3v) is 5.42. The van der Waals surface area contributed by atoms with E-state index in [9.17, 15) is 10.5 Å². The molecule has 2 rings (SSSR count). The molecule has 0 saturated carbocycles. The Morgan fingerprint density at radius 2 is 0.867 bits per heavy atom. The Balaban J connectivity index is 2.12. The van der Waals surface area contributed by atoms with Gasteiger partial charge in [0.1, 0.15) is 0 Å². The first-order valence-electron chi connectivity index (χ1n) is 10.1. The second kappa shape index (κ2) is 9.56. The van der Waals surface area contributed by atoms with E-state index in [1.807, 2.05) is 88.4 Å². The molecule has 0 aliphatic rings.